The predicted octanol–water partition coefficient (Wildman–Crippen LogP) is 3.22. The van der Waals surface area contributed by atoms with Gasteiger partial charge < -0.3 is 5.11 Å². The van der Waals surface area contributed by atoms with Crippen molar-refractivity contribution in [1.82, 2.24) is 0 Å². The molecule has 1 rings (SSSR count). The van der Waals surface area contributed by atoms with Crippen LogP contribution in [0.4, 0.5) is 0 Å². The zero-order valence-corrected chi connectivity index (χ0v) is 8.48. The molecule has 0 aliphatic rings. The molecule has 0 aromatic carbocycles. The first-order valence-corrected chi connectivity index (χ1v) is 4.84. The van der Waals surface area contributed by atoms with Gasteiger partial charge in [0, 0.05) is 9.75 Å². The summed E-state index contributed by atoms with van der Waals surface area (Å²) in [6.07, 6.45) is 1.78. The number of aliphatic hydroxyl groups excluding tert-OH is 1. The van der Waals surface area contributed by atoms with Crippen molar-refractivity contribution in [2.24, 2.45) is 0 Å². The highest BCUT2D eigenvalue weighted by molar-refractivity contribution is 7.12. The first kappa shape index (κ1) is 9.49. The van der Waals surface area contributed by atoms with E-state index in [-0.39, 0.29) is 6.10 Å². The van der Waals surface area contributed by atoms with Gasteiger partial charge >= 0.3 is 0 Å². The summed E-state index contributed by atoms with van der Waals surface area (Å²) in [6, 6.07) is 4.02. The van der Waals surface area contributed by atoms with Gasteiger partial charge in [-0.15, -0.1) is 11.3 Å². The zero-order valence-electron chi connectivity index (χ0n) is 7.66. The highest BCUT2D eigenvalue weighted by atomic mass is 32.1. The van der Waals surface area contributed by atoms with Crippen LogP contribution in [-0.4, -0.2) is 5.11 Å². The number of hydrogen-bond donors (Lipinski definition) is 1. The monoisotopic (exact) mass is 182 g/mol. The van der Waals surface area contributed by atoms with Gasteiger partial charge in [-0.25, -0.2) is 0 Å². The van der Waals surface area contributed by atoms with Crippen molar-refractivity contribution in [2.45, 2.75) is 26.9 Å². The summed E-state index contributed by atoms with van der Waals surface area (Å²) in [7, 11) is 0. The van der Waals surface area contributed by atoms with Gasteiger partial charge in [0.05, 0.1) is 6.10 Å². The van der Waals surface area contributed by atoms with Crippen molar-refractivity contribution in [3.8, 4) is 0 Å². The Morgan fingerprint density at radius 3 is 2.58 bits per heavy atom. The van der Waals surface area contributed by atoms with Crippen molar-refractivity contribution in [3.63, 3.8) is 0 Å². The average molecular weight is 182 g/mol. The van der Waals surface area contributed by atoms with E-state index in [9.17, 15) is 5.11 Å². The largest absolute Gasteiger partial charge is 0.388 e. The van der Waals surface area contributed by atoms with Crippen LogP contribution in [0.5, 0.6) is 0 Å². The van der Waals surface area contributed by atoms with Crippen LogP contribution in [0.1, 0.15) is 36.6 Å². The minimum Gasteiger partial charge on any atom is -0.388 e. The fourth-order valence-corrected chi connectivity index (χ4v) is 1.96. The Labute approximate surface area is 77.4 Å². The maximum absolute atomic E-state index is 9.26. The van der Waals surface area contributed by atoms with Crippen LogP contribution in [0, 0.1) is 0 Å². The number of hydrogen-bond acceptors (Lipinski definition) is 2. The van der Waals surface area contributed by atoms with Crippen LogP contribution in [0.25, 0.3) is 6.08 Å². The summed E-state index contributed by atoms with van der Waals surface area (Å²) in [5, 5.41) is 9.26. The molecule has 0 bridgehead atoms. The van der Waals surface area contributed by atoms with Crippen LogP contribution in [0.2, 0.25) is 0 Å². The molecular formula is C10H14OS. The van der Waals surface area contributed by atoms with E-state index in [2.05, 4.69) is 19.9 Å². The Hall–Kier alpha value is -0.600. The number of allylic oxidation sites excluding steroid dienone is 1. The summed E-state index contributed by atoms with van der Waals surface area (Å²) >= 11 is 1.64. The summed E-state index contributed by atoms with van der Waals surface area (Å²) < 4.78 is 0. The smallest absolute Gasteiger partial charge is 0.0854 e. The summed E-state index contributed by atoms with van der Waals surface area (Å²) in [4.78, 5) is 2.24. The molecular weight excluding hydrogens is 168 g/mol. The van der Waals surface area contributed by atoms with E-state index >= 15 is 0 Å². The van der Waals surface area contributed by atoms with E-state index in [1.54, 1.807) is 18.3 Å². The molecule has 0 aliphatic heterocycles. The molecule has 1 N–H and O–H groups in total. The molecule has 1 aromatic heterocycles. The molecule has 1 nitrogen and oxygen atoms in total. The lowest BCUT2D eigenvalue weighted by Crippen LogP contribution is -1.83. The van der Waals surface area contributed by atoms with Gasteiger partial charge in [0.2, 0.25) is 0 Å². The second-order valence-corrected chi connectivity index (χ2v) is 4.28. The van der Waals surface area contributed by atoms with Crippen LogP contribution in [0.15, 0.2) is 17.7 Å². The second kappa shape index (κ2) is 3.87. The molecule has 0 saturated heterocycles. The van der Waals surface area contributed by atoms with E-state index in [4.69, 9.17) is 0 Å². The maximum Gasteiger partial charge on any atom is 0.0854 e. The van der Waals surface area contributed by atoms with Crippen molar-refractivity contribution in [1.29, 1.82) is 0 Å². The number of aliphatic hydroxyl groups is 1. The van der Waals surface area contributed by atoms with Gasteiger partial charge in [0.25, 0.3) is 0 Å². The molecule has 0 unspecified atom stereocenters. The molecule has 1 heterocycles. The van der Waals surface area contributed by atoms with Crippen LogP contribution < -0.4 is 0 Å². The molecule has 0 aliphatic carbocycles. The molecule has 1 atom stereocenters. The number of thiophene rings is 1. The van der Waals surface area contributed by atoms with Crippen LogP contribution in [0.3, 0.4) is 0 Å². The Balaban J connectivity index is 2.85. The minimum absolute atomic E-state index is 0.339. The lowest BCUT2D eigenvalue weighted by atomic mass is 10.3. The topological polar surface area (TPSA) is 20.2 Å². The fraction of sp³-hybridized carbons (Fsp3) is 0.400. The normalized spacial score (nSPS) is 12.7. The third kappa shape index (κ3) is 2.47. The second-order valence-electron chi connectivity index (χ2n) is 3.14. The first-order valence-electron chi connectivity index (χ1n) is 4.02. The Bertz CT molecular complexity index is 280. The molecule has 0 radical (unpaired) electrons. The van der Waals surface area contributed by atoms with Crippen molar-refractivity contribution in [3.05, 3.63) is 27.5 Å². The average Bonchev–Trinajstić information content (AvgIpc) is 2.34. The van der Waals surface area contributed by atoms with Gasteiger partial charge in [-0.2, -0.15) is 0 Å². The molecule has 66 valence electrons. The van der Waals surface area contributed by atoms with Gasteiger partial charge in [-0.3, -0.25) is 0 Å². The van der Waals surface area contributed by atoms with Crippen molar-refractivity contribution in [2.75, 3.05) is 0 Å². The Morgan fingerprint density at radius 1 is 1.50 bits per heavy atom. The third-order valence-electron chi connectivity index (χ3n) is 1.49. The van der Waals surface area contributed by atoms with E-state index in [1.165, 1.54) is 10.5 Å². The SMILES string of the molecule is CC(C)=Cc1ccc([C@@H](C)O)s1. The number of rotatable bonds is 2. The van der Waals surface area contributed by atoms with Crippen molar-refractivity contribution >= 4 is 17.4 Å². The highest BCUT2D eigenvalue weighted by Gasteiger charge is 2.02. The lowest BCUT2D eigenvalue weighted by molar-refractivity contribution is 0.203. The standard InChI is InChI=1S/C10H14OS/c1-7(2)6-9-4-5-10(12-9)8(3)11/h4-6,8,11H,1-3H3/t8-/m1/s1. The van der Waals surface area contributed by atoms with Gasteiger partial charge in [-0.05, 0) is 39.0 Å². The van der Waals surface area contributed by atoms with Gasteiger partial charge in [0.15, 0.2) is 0 Å². The third-order valence-corrected chi connectivity index (χ3v) is 2.69. The molecule has 0 fully saturated rings. The summed E-state index contributed by atoms with van der Waals surface area (Å²) in [6.45, 7) is 5.93. The molecule has 0 saturated carbocycles. The van der Waals surface area contributed by atoms with E-state index in [0.717, 1.165) is 4.88 Å². The summed E-state index contributed by atoms with van der Waals surface area (Å²) in [5.41, 5.74) is 1.29. The zero-order chi connectivity index (χ0) is 9.14. The molecule has 1 aromatic rings. The van der Waals surface area contributed by atoms with E-state index < -0.39 is 0 Å². The molecule has 0 amide bonds. The van der Waals surface area contributed by atoms with Crippen LogP contribution in [-0.2, 0) is 0 Å². The van der Waals surface area contributed by atoms with E-state index in [1.807, 2.05) is 12.1 Å². The first-order chi connectivity index (χ1) is 5.59. The highest BCUT2D eigenvalue weighted by Crippen LogP contribution is 2.24. The van der Waals surface area contributed by atoms with Crippen LogP contribution >= 0.6 is 11.3 Å². The Morgan fingerprint density at radius 2 is 2.17 bits per heavy atom. The minimum atomic E-state index is -0.339. The summed E-state index contributed by atoms with van der Waals surface area (Å²) in [5.74, 6) is 0. The lowest BCUT2D eigenvalue weighted by Gasteiger charge is -1.96. The molecule has 2 heteroatoms. The quantitative estimate of drug-likeness (QED) is 0.744. The predicted molar refractivity (Wildman–Crippen MR) is 54.3 cm³/mol. The van der Waals surface area contributed by atoms with Crippen molar-refractivity contribution < 1.29 is 5.11 Å². The van der Waals surface area contributed by atoms with Gasteiger partial charge in [0.1, 0.15) is 0 Å². The van der Waals surface area contributed by atoms with E-state index in [0.29, 0.717) is 0 Å². The maximum atomic E-state index is 9.26. The fourth-order valence-electron chi connectivity index (χ4n) is 0.955. The van der Waals surface area contributed by atoms with Gasteiger partial charge in [-0.1, -0.05) is 5.57 Å². The Kier molecular flexibility index (Phi) is 3.06. The molecule has 0 spiro atoms. The molecule has 12 heavy (non-hydrogen) atoms.